The van der Waals surface area contributed by atoms with E-state index >= 15 is 0 Å². The van der Waals surface area contributed by atoms with Crippen molar-refractivity contribution in [2.75, 3.05) is 12.3 Å². The summed E-state index contributed by atoms with van der Waals surface area (Å²) in [4.78, 5) is 0. The molecule has 2 fully saturated rings. The summed E-state index contributed by atoms with van der Waals surface area (Å²) < 4.78 is 39.0. The van der Waals surface area contributed by atoms with E-state index in [1.54, 1.807) is 38.0 Å². The molecular formula is C22H38BF4P2Rh+. The average Bonchev–Trinajstić information content (AvgIpc) is 3.06. The van der Waals surface area contributed by atoms with Crippen molar-refractivity contribution in [3.8, 4) is 23.7 Å². The van der Waals surface area contributed by atoms with E-state index in [9.17, 15) is 17.3 Å². The Morgan fingerprint density at radius 1 is 0.600 bits per heavy atom. The van der Waals surface area contributed by atoms with E-state index in [1.807, 2.05) is 0 Å². The van der Waals surface area contributed by atoms with Gasteiger partial charge in [-0.2, -0.15) is 0 Å². The number of halogens is 4. The first-order valence-electron chi connectivity index (χ1n) is 11.1. The summed E-state index contributed by atoms with van der Waals surface area (Å²) in [6, 6.07) is 0. The minimum Gasteiger partial charge on any atom is -0.418 e. The van der Waals surface area contributed by atoms with E-state index in [0.717, 1.165) is 48.3 Å². The van der Waals surface area contributed by atoms with Gasteiger partial charge in [-0.05, 0) is 53.4 Å². The third-order valence-corrected chi connectivity index (χ3v) is 14.7. The monoisotopic (exact) mass is 554 g/mol. The molecule has 0 saturated carbocycles. The van der Waals surface area contributed by atoms with E-state index in [-0.39, 0.29) is 35.3 Å². The zero-order valence-corrected chi connectivity index (χ0v) is 22.4. The maximum Gasteiger partial charge on any atom is 0.673 e. The van der Waals surface area contributed by atoms with E-state index < -0.39 is 7.25 Å². The van der Waals surface area contributed by atoms with Gasteiger partial charge in [-0.1, -0.05) is 0 Å². The molecular weight excluding hydrogens is 516 g/mol. The minimum absolute atomic E-state index is 0. The van der Waals surface area contributed by atoms with Crippen LogP contribution in [0.1, 0.15) is 79.1 Å². The quantitative estimate of drug-likeness (QED) is 0.148. The molecule has 3 aliphatic rings. The van der Waals surface area contributed by atoms with Crippen molar-refractivity contribution in [2.24, 2.45) is 0 Å². The first-order chi connectivity index (χ1) is 13.6. The van der Waals surface area contributed by atoms with Crippen LogP contribution in [-0.4, -0.2) is 42.2 Å². The molecule has 0 aromatic rings. The van der Waals surface area contributed by atoms with Crippen LogP contribution in [0.4, 0.5) is 17.3 Å². The summed E-state index contributed by atoms with van der Waals surface area (Å²) in [5.74, 6) is 12.1. The van der Waals surface area contributed by atoms with Gasteiger partial charge in [-0.3, -0.25) is 0 Å². The molecule has 0 aromatic carbocycles. The molecule has 1 aliphatic carbocycles. The van der Waals surface area contributed by atoms with Gasteiger partial charge in [0.1, 0.15) is 0 Å². The van der Waals surface area contributed by atoms with Crippen LogP contribution in [0, 0.1) is 23.7 Å². The Kier molecular flexibility index (Phi) is 16.3. The topological polar surface area (TPSA) is 0 Å². The van der Waals surface area contributed by atoms with Crippen molar-refractivity contribution in [1.29, 1.82) is 0 Å². The standard InChI is InChI=1S/C14H28P2.C8H8.BF4.Rh/c1-11-5-6-12(2)15(11)9-10-16-13(3)7-8-14(16)4;1-2-4-6-8-7-5-3-1;2-1(3,4)5;/h11-14H,5-10H2,1-4H3;1-2,7-8H2;;/q;;-1;/p+2/t11-,12-,13-,14-;;;/m0.../s1. The largest absolute Gasteiger partial charge is 0.673 e. The molecule has 2 heterocycles. The number of hydrogen-bond donors (Lipinski definition) is 0. The summed E-state index contributed by atoms with van der Waals surface area (Å²) in [7, 11) is -5.95. The van der Waals surface area contributed by atoms with Gasteiger partial charge < -0.3 is 17.3 Å². The Morgan fingerprint density at radius 3 is 1.00 bits per heavy atom. The van der Waals surface area contributed by atoms with Crippen LogP contribution >= 0.6 is 15.8 Å². The van der Waals surface area contributed by atoms with Crippen molar-refractivity contribution < 1.29 is 36.7 Å². The van der Waals surface area contributed by atoms with Gasteiger partial charge in [0.25, 0.3) is 0 Å². The Morgan fingerprint density at radius 2 is 0.800 bits per heavy atom. The van der Waals surface area contributed by atoms with Gasteiger partial charge in [0.15, 0.2) is 0 Å². The maximum absolute atomic E-state index is 9.75. The molecule has 2 saturated heterocycles. The average molecular weight is 554 g/mol. The third kappa shape index (κ3) is 13.7. The van der Waals surface area contributed by atoms with E-state index in [2.05, 4.69) is 51.4 Å². The molecule has 0 bridgehead atoms. The van der Waals surface area contributed by atoms with Gasteiger partial charge in [0.05, 0.1) is 35.0 Å². The Labute approximate surface area is 197 Å². The molecule has 0 N–H and O–H groups in total. The van der Waals surface area contributed by atoms with Gasteiger partial charge in [-0.25, -0.2) is 0 Å². The molecule has 8 heteroatoms. The maximum atomic E-state index is 9.75. The molecule has 0 nitrogen and oxygen atoms in total. The fourth-order valence-corrected chi connectivity index (χ4v) is 13.0. The normalized spacial score (nSPS) is 28.7. The van der Waals surface area contributed by atoms with Crippen molar-refractivity contribution in [1.82, 2.24) is 0 Å². The van der Waals surface area contributed by atoms with E-state index in [4.69, 9.17) is 0 Å². The summed E-state index contributed by atoms with van der Waals surface area (Å²) in [5, 5.41) is 0. The molecule has 1 radical (unpaired) electrons. The molecule has 4 atom stereocenters. The van der Waals surface area contributed by atoms with Gasteiger partial charge >= 0.3 is 7.25 Å². The Hall–Kier alpha value is 0.388. The second-order valence-corrected chi connectivity index (χ2v) is 15.9. The minimum atomic E-state index is -6.00. The van der Waals surface area contributed by atoms with Crippen LogP contribution < -0.4 is 0 Å². The summed E-state index contributed by atoms with van der Waals surface area (Å²) >= 11 is 0. The summed E-state index contributed by atoms with van der Waals surface area (Å²) in [6.45, 7) is 10.2. The third-order valence-electron chi connectivity index (χ3n) is 6.30. The van der Waals surface area contributed by atoms with Crippen molar-refractivity contribution in [3.63, 3.8) is 0 Å². The Balaban J connectivity index is 0.000000504. The second-order valence-electron chi connectivity index (χ2n) is 8.61. The fourth-order valence-electron chi connectivity index (χ4n) is 4.59. The first kappa shape index (κ1) is 30.4. The van der Waals surface area contributed by atoms with Crippen LogP contribution in [-0.2, 0) is 19.5 Å². The molecule has 0 spiro atoms. The van der Waals surface area contributed by atoms with Gasteiger partial charge in [0.2, 0.25) is 0 Å². The smallest absolute Gasteiger partial charge is 0.418 e. The Bertz CT molecular complexity index is 506. The van der Waals surface area contributed by atoms with E-state index in [1.165, 1.54) is 0 Å². The van der Waals surface area contributed by atoms with Crippen LogP contribution in [0.15, 0.2) is 0 Å². The van der Waals surface area contributed by atoms with E-state index in [0.29, 0.717) is 0 Å². The SMILES string of the molecule is C1#CCCC#CCC1.C[C@H]1CC[C@H](C)[PH+]1CC[PH+]1[C@@H](C)CC[C@@H]1C.F[B-](F)(F)F.[Rh]. The summed E-state index contributed by atoms with van der Waals surface area (Å²) in [5.41, 5.74) is 4.48. The molecule has 0 amide bonds. The van der Waals surface area contributed by atoms with Crippen molar-refractivity contribution >= 4 is 23.1 Å². The fraction of sp³-hybridized carbons (Fsp3) is 0.818. The molecule has 3 rings (SSSR count). The van der Waals surface area contributed by atoms with Crippen LogP contribution in [0.2, 0.25) is 0 Å². The predicted molar refractivity (Wildman–Crippen MR) is 127 cm³/mol. The van der Waals surface area contributed by atoms with Crippen LogP contribution in [0.25, 0.3) is 0 Å². The number of hydrogen-bond acceptors (Lipinski definition) is 0. The van der Waals surface area contributed by atoms with Crippen molar-refractivity contribution in [3.05, 3.63) is 0 Å². The molecule has 2 aliphatic heterocycles. The predicted octanol–water partition coefficient (Wildman–Crippen LogP) is 7.42. The van der Waals surface area contributed by atoms with Crippen LogP contribution in [0.5, 0.6) is 0 Å². The zero-order chi connectivity index (χ0) is 21.9. The molecule has 175 valence electrons. The second kappa shape index (κ2) is 16.1. The van der Waals surface area contributed by atoms with Crippen LogP contribution in [0.3, 0.4) is 0 Å². The van der Waals surface area contributed by atoms with Crippen molar-refractivity contribution in [2.45, 2.75) is 102 Å². The summed E-state index contributed by atoms with van der Waals surface area (Å²) in [6.07, 6.45) is 13.4. The van der Waals surface area contributed by atoms with Gasteiger partial charge in [-0.15, -0.1) is 23.7 Å². The van der Waals surface area contributed by atoms with Gasteiger partial charge in [0, 0.05) is 61.0 Å². The molecule has 30 heavy (non-hydrogen) atoms. The zero-order valence-electron chi connectivity index (χ0n) is 18.8. The molecule has 0 aromatic heterocycles. The first-order valence-corrected chi connectivity index (χ1v) is 14.8. The number of rotatable bonds is 3. The molecule has 0 unspecified atom stereocenters.